The van der Waals surface area contributed by atoms with Crippen LogP contribution in [0.25, 0.3) is 0 Å². The second-order valence-corrected chi connectivity index (χ2v) is 9.07. The number of pyridine rings is 1. The first-order valence-electron chi connectivity index (χ1n) is 9.87. The normalized spacial score (nSPS) is 23.2. The van der Waals surface area contributed by atoms with Gasteiger partial charge in [0, 0.05) is 12.0 Å². The summed E-state index contributed by atoms with van der Waals surface area (Å²) in [5.74, 6) is -1.72. The van der Waals surface area contributed by atoms with Crippen LogP contribution in [-0.4, -0.2) is 59.2 Å². The van der Waals surface area contributed by atoms with Crippen molar-refractivity contribution in [3.05, 3.63) is 30.1 Å². The number of rotatable bonds is 9. The van der Waals surface area contributed by atoms with E-state index in [1.807, 2.05) is 0 Å². The topological polar surface area (TPSA) is 182 Å². The molecule has 0 radical (unpaired) electrons. The van der Waals surface area contributed by atoms with Crippen molar-refractivity contribution in [1.82, 2.24) is 0 Å². The first-order valence-corrected chi connectivity index (χ1v) is 11.3. The molecule has 1 aliphatic heterocycles. The Morgan fingerprint density at radius 1 is 1.22 bits per heavy atom. The molecule has 1 amide bonds. The molecule has 13 heteroatoms. The Morgan fingerprint density at radius 3 is 2.22 bits per heavy atom. The Balaban J connectivity index is 0.00000118. The molecular formula is C19H31N2O10P. The van der Waals surface area contributed by atoms with Gasteiger partial charge in [-0.3, -0.25) is 18.4 Å². The predicted molar refractivity (Wildman–Crippen MR) is 108 cm³/mol. The fourth-order valence-corrected chi connectivity index (χ4v) is 4.21. The SMILES string of the molecule is CC(=O)[O-].CC(C)OP(=O)(OC[C@H]1O[C@@H]([n+]2cccc(C(N)=O)c2)[C@H](O)[C@@H]1O)OC(C)C. The summed E-state index contributed by atoms with van der Waals surface area (Å²) in [5.41, 5.74) is 5.48. The lowest BCUT2D eigenvalue weighted by molar-refractivity contribution is -0.765. The number of aliphatic hydroxyl groups excluding tert-OH is 2. The van der Waals surface area contributed by atoms with Crippen molar-refractivity contribution in [2.45, 2.75) is 71.4 Å². The average Bonchev–Trinajstić information content (AvgIpc) is 2.93. The number of aliphatic hydroxyl groups is 2. The van der Waals surface area contributed by atoms with Crippen molar-refractivity contribution in [3.8, 4) is 0 Å². The van der Waals surface area contributed by atoms with Crippen molar-refractivity contribution >= 4 is 19.7 Å². The number of phosphoric ester groups is 1. The highest BCUT2D eigenvalue weighted by atomic mass is 31.2. The molecule has 0 aromatic carbocycles. The number of nitrogens with two attached hydrogens (primary N) is 1. The second-order valence-electron chi connectivity index (χ2n) is 7.49. The van der Waals surface area contributed by atoms with Crippen LogP contribution in [0.1, 0.15) is 51.2 Å². The van der Waals surface area contributed by atoms with Gasteiger partial charge in [-0.15, -0.1) is 0 Å². The van der Waals surface area contributed by atoms with Crippen LogP contribution < -0.4 is 15.4 Å². The van der Waals surface area contributed by atoms with Gasteiger partial charge in [-0.2, -0.15) is 4.57 Å². The van der Waals surface area contributed by atoms with Crippen molar-refractivity contribution < 1.29 is 52.3 Å². The van der Waals surface area contributed by atoms with E-state index in [9.17, 15) is 19.6 Å². The van der Waals surface area contributed by atoms with Crippen LogP contribution in [0.4, 0.5) is 0 Å². The fourth-order valence-electron chi connectivity index (χ4n) is 2.68. The van der Waals surface area contributed by atoms with Gasteiger partial charge < -0.3 is 30.6 Å². The number of aromatic nitrogens is 1. The highest BCUT2D eigenvalue weighted by molar-refractivity contribution is 7.48. The number of carbonyl (C=O) groups is 2. The molecule has 1 saturated heterocycles. The molecule has 1 aromatic heterocycles. The fraction of sp³-hybridized carbons (Fsp3) is 0.632. The number of aliphatic carboxylic acids is 1. The Labute approximate surface area is 186 Å². The lowest BCUT2D eigenvalue weighted by Gasteiger charge is -2.23. The number of primary amides is 1. The zero-order chi connectivity index (χ0) is 24.6. The van der Waals surface area contributed by atoms with Crippen LogP contribution in [0.2, 0.25) is 0 Å². The summed E-state index contributed by atoms with van der Waals surface area (Å²) in [6.07, 6.45) is -2.47. The minimum Gasteiger partial charge on any atom is -0.550 e. The number of phosphoric acid groups is 1. The molecule has 182 valence electrons. The van der Waals surface area contributed by atoms with Gasteiger partial charge in [-0.25, -0.2) is 4.57 Å². The van der Waals surface area contributed by atoms with Crippen LogP contribution in [0.3, 0.4) is 0 Å². The van der Waals surface area contributed by atoms with Gasteiger partial charge in [-0.1, -0.05) is 0 Å². The molecule has 1 aromatic rings. The van der Waals surface area contributed by atoms with E-state index in [1.165, 1.54) is 16.8 Å². The first-order chi connectivity index (χ1) is 14.8. The Bertz CT molecular complexity index is 801. The number of nitrogens with zero attached hydrogens (tertiary/aromatic N) is 1. The van der Waals surface area contributed by atoms with Crippen molar-refractivity contribution in [2.24, 2.45) is 5.73 Å². The second kappa shape index (κ2) is 12.4. The van der Waals surface area contributed by atoms with E-state index in [0.29, 0.717) is 0 Å². The van der Waals surface area contributed by atoms with E-state index in [-0.39, 0.29) is 12.2 Å². The maximum atomic E-state index is 12.7. The summed E-state index contributed by atoms with van der Waals surface area (Å²) < 4.78 is 35.7. The summed E-state index contributed by atoms with van der Waals surface area (Å²) in [6, 6.07) is 3.08. The Morgan fingerprint density at radius 2 is 1.75 bits per heavy atom. The standard InChI is InChI=1S/C17H27N2O8P.C2H4O2/c1-10(2)26-28(23,27-11(3)4)24-9-13-14(20)15(21)17(25-13)19-7-5-6-12(8-19)16(18)22;1-2(3)4/h5-8,10-11,13-15,17,20-21H,9H2,1-4H3,(H-,18,22);1H3,(H,3,4)/t13-,14-,15-,17-;/m1./s1. The lowest BCUT2D eigenvalue weighted by Crippen LogP contribution is -2.46. The van der Waals surface area contributed by atoms with Crippen molar-refractivity contribution in [1.29, 1.82) is 0 Å². The summed E-state index contributed by atoms with van der Waals surface area (Å²) >= 11 is 0. The van der Waals surface area contributed by atoms with Gasteiger partial charge >= 0.3 is 7.82 Å². The molecule has 4 atom stereocenters. The van der Waals surface area contributed by atoms with E-state index in [0.717, 1.165) is 6.92 Å². The third kappa shape index (κ3) is 8.91. The molecule has 1 fully saturated rings. The van der Waals surface area contributed by atoms with E-state index < -0.39 is 56.4 Å². The third-order valence-corrected chi connectivity index (χ3v) is 5.64. The molecule has 12 nitrogen and oxygen atoms in total. The predicted octanol–water partition coefficient (Wildman–Crippen LogP) is -0.577. The molecule has 0 spiro atoms. The third-order valence-electron chi connectivity index (χ3n) is 3.81. The Hall–Kier alpha value is -1.92. The summed E-state index contributed by atoms with van der Waals surface area (Å²) in [4.78, 5) is 20.2. The van der Waals surface area contributed by atoms with Crippen LogP contribution in [0, 0.1) is 0 Å². The van der Waals surface area contributed by atoms with E-state index >= 15 is 0 Å². The van der Waals surface area contributed by atoms with Crippen LogP contribution in [0.5, 0.6) is 0 Å². The van der Waals surface area contributed by atoms with Crippen molar-refractivity contribution in [3.63, 3.8) is 0 Å². The molecule has 0 bridgehead atoms. The molecular weight excluding hydrogens is 447 g/mol. The molecule has 2 rings (SSSR count). The number of carbonyl (C=O) groups excluding carboxylic acids is 2. The number of ether oxygens (including phenoxy) is 1. The quantitative estimate of drug-likeness (QED) is 0.307. The number of hydrogen-bond donors (Lipinski definition) is 3. The smallest absolute Gasteiger partial charge is 0.475 e. The minimum absolute atomic E-state index is 0.215. The van der Waals surface area contributed by atoms with Gasteiger partial charge in [0.1, 0.15) is 17.8 Å². The maximum Gasteiger partial charge on any atom is 0.475 e. The van der Waals surface area contributed by atoms with Crippen LogP contribution in [-0.2, 0) is 27.7 Å². The molecule has 0 unspecified atom stereocenters. The molecule has 32 heavy (non-hydrogen) atoms. The van der Waals surface area contributed by atoms with E-state index in [1.54, 1.807) is 40.0 Å². The maximum absolute atomic E-state index is 12.7. The molecule has 0 saturated carbocycles. The lowest BCUT2D eigenvalue weighted by atomic mass is 10.1. The van der Waals surface area contributed by atoms with Gasteiger partial charge in [0.15, 0.2) is 18.5 Å². The monoisotopic (exact) mass is 478 g/mol. The molecule has 2 heterocycles. The van der Waals surface area contributed by atoms with Gasteiger partial charge in [-0.05, 0) is 40.7 Å². The molecule has 4 N–H and O–H groups in total. The van der Waals surface area contributed by atoms with Crippen LogP contribution in [0.15, 0.2) is 24.5 Å². The zero-order valence-electron chi connectivity index (χ0n) is 18.6. The summed E-state index contributed by atoms with van der Waals surface area (Å²) in [5, 5.41) is 29.5. The number of carboxylic acid groups (broad SMARTS) is 1. The highest BCUT2D eigenvalue weighted by Gasteiger charge is 2.49. The van der Waals surface area contributed by atoms with E-state index in [4.69, 9.17) is 33.9 Å². The van der Waals surface area contributed by atoms with E-state index in [2.05, 4.69) is 0 Å². The number of carboxylic acids is 1. The van der Waals surface area contributed by atoms with Crippen LogP contribution >= 0.6 is 7.82 Å². The molecule has 1 aliphatic rings. The minimum atomic E-state index is -3.88. The number of hydrogen-bond acceptors (Lipinski definition) is 10. The Kier molecular flexibility index (Phi) is 10.9. The van der Waals surface area contributed by atoms with Gasteiger partial charge in [0.05, 0.1) is 18.8 Å². The zero-order valence-corrected chi connectivity index (χ0v) is 19.5. The average molecular weight is 478 g/mol. The highest BCUT2D eigenvalue weighted by Crippen LogP contribution is 2.52. The summed E-state index contributed by atoms with van der Waals surface area (Å²) in [6.45, 7) is 7.37. The molecule has 0 aliphatic carbocycles. The first kappa shape index (κ1) is 28.1. The van der Waals surface area contributed by atoms with Gasteiger partial charge in [0.25, 0.3) is 12.1 Å². The van der Waals surface area contributed by atoms with Crippen molar-refractivity contribution in [2.75, 3.05) is 6.61 Å². The largest absolute Gasteiger partial charge is 0.550 e. The summed E-state index contributed by atoms with van der Waals surface area (Å²) in [7, 11) is -3.88. The number of amides is 1. The van der Waals surface area contributed by atoms with Gasteiger partial charge in [0.2, 0.25) is 0 Å².